The lowest BCUT2D eigenvalue weighted by molar-refractivity contribution is -0.139. The van der Waals surface area contributed by atoms with E-state index in [0.29, 0.717) is 28.9 Å². The van der Waals surface area contributed by atoms with Crippen LogP contribution in [0.25, 0.3) is 0 Å². The van der Waals surface area contributed by atoms with Crippen molar-refractivity contribution in [1.82, 2.24) is 5.32 Å². The number of halogens is 2. The van der Waals surface area contributed by atoms with Crippen LogP contribution in [-0.2, 0) is 17.9 Å². The topological polar surface area (TPSA) is 58.6 Å². The highest BCUT2D eigenvalue weighted by Gasteiger charge is 2.09. The first-order chi connectivity index (χ1) is 11.0. The molecule has 122 valence electrons. The Balaban J connectivity index is 1.88. The summed E-state index contributed by atoms with van der Waals surface area (Å²) in [6, 6.07) is 12.2. The fourth-order valence-electron chi connectivity index (χ4n) is 1.86. The first kappa shape index (κ1) is 17.6. The molecule has 0 aliphatic rings. The molecule has 0 saturated heterocycles. The van der Waals surface area contributed by atoms with Crippen LogP contribution in [0.4, 0.5) is 0 Å². The van der Waals surface area contributed by atoms with Crippen LogP contribution in [0.15, 0.2) is 42.5 Å². The average Bonchev–Trinajstić information content (AvgIpc) is 2.52. The van der Waals surface area contributed by atoms with Crippen LogP contribution >= 0.6 is 23.2 Å². The zero-order valence-corrected chi connectivity index (χ0v) is 14.1. The molecule has 0 radical (unpaired) electrons. The number of aliphatic carboxylic acids is 1. The molecular formula is C17H17Cl2NO3. The van der Waals surface area contributed by atoms with Crippen molar-refractivity contribution >= 4 is 29.2 Å². The maximum Gasteiger partial charge on any atom is 0.320 e. The van der Waals surface area contributed by atoms with Gasteiger partial charge in [-0.05, 0) is 36.8 Å². The van der Waals surface area contributed by atoms with Gasteiger partial charge < -0.3 is 15.2 Å². The standard InChI is InChI=1S/C17H17Cl2NO3/c1-11(17(21)22)20-9-12-2-6-15(7-3-12)23-10-13-4-5-14(18)8-16(13)19/h2-8,11,20H,9-10H2,1H3,(H,21,22). The van der Waals surface area contributed by atoms with Gasteiger partial charge in [0.05, 0.1) is 0 Å². The summed E-state index contributed by atoms with van der Waals surface area (Å²) in [5.41, 5.74) is 1.84. The van der Waals surface area contributed by atoms with Crippen molar-refractivity contribution in [3.8, 4) is 5.75 Å². The number of carboxylic acid groups (broad SMARTS) is 1. The highest BCUT2D eigenvalue weighted by Crippen LogP contribution is 2.22. The molecule has 0 aliphatic carbocycles. The second kappa shape index (κ2) is 8.20. The molecule has 2 aromatic rings. The number of carboxylic acids is 1. The summed E-state index contributed by atoms with van der Waals surface area (Å²) in [6.45, 7) is 2.44. The van der Waals surface area contributed by atoms with Crippen LogP contribution in [0.2, 0.25) is 10.0 Å². The Hall–Kier alpha value is -1.75. The normalized spacial score (nSPS) is 12.0. The lowest BCUT2D eigenvalue weighted by Gasteiger charge is -2.11. The second-order valence-corrected chi connectivity index (χ2v) is 5.95. The highest BCUT2D eigenvalue weighted by atomic mass is 35.5. The van der Waals surface area contributed by atoms with Gasteiger partial charge in [0.1, 0.15) is 18.4 Å². The van der Waals surface area contributed by atoms with Gasteiger partial charge in [-0.25, -0.2) is 0 Å². The van der Waals surface area contributed by atoms with Gasteiger partial charge >= 0.3 is 5.97 Å². The molecule has 0 spiro atoms. The van der Waals surface area contributed by atoms with Crippen LogP contribution < -0.4 is 10.1 Å². The van der Waals surface area contributed by atoms with E-state index < -0.39 is 12.0 Å². The molecule has 0 heterocycles. The number of benzene rings is 2. The van der Waals surface area contributed by atoms with Gasteiger partial charge in [0, 0.05) is 22.2 Å². The predicted molar refractivity (Wildman–Crippen MR) is 91.2 cm³/mol. The summed E-state index contributed by atoms with van der Waals surface area (Å²) < 4.78 is 5.69. The number of rotatable bonds is 7. The van der Waals surface area contributed by atoms with Crippen molar-refractivity contribution in [3.05, 3.63) is 63.6 Å². The molecule has 2 N–H and O–H groups in total. The third-order valence-corrected chi connectivity index (χ3v) is 3.90. The molecule has 1 unspecified atom stereocenters. The number of carbonyl (C=O) groups is 1. The van der Waals surface area contributed by atoms with Gasteiger partial charge in [0.25, 0.3) is 0 Å². The van der Waals surface area contributed by atoms with Gasteiger partial charge in [0.2, 0.25) is 0 Å². The molecule has 0 fully saturated rings. The summed E-state index contributed by atoms with van der Waals surface area (Å²) in [6.07, 6.45) is 0. The third kappa shape index (κ3) is 5.43. The molecule has 1 atom stereocenters. The molecule has 0 amide bonds. The first-order valence-electron chi connectivity index (χ1n) is 7.07. The second-order valence-electron chi connectivity index (χ2n) is 5.11. The molecule has 0 bridgehead atoms. The Morgan fingerprint density at radius 2 is 1.91 bits per heavy atom. The maximum atomic E-state index is 10.7. The maximum absolute atomic E-state index is 10.7. The molecule has 0 aliphatic heterocycles. The molecule has 2 aromatic carbocycles. The van der Waals surface area contributed by atoms with Crippen LogP contribution in [0, 0.1) is 0 Å². The van der Waals surface area contributed by atoms with Crippen molar-refractivity contribution in [2.45, 2.75) is 26.1 Å². The van der Waals surface area contributed by atoms with Gasteiger partial charge in [-0.3, -0.25) is 4.79 Å². The van der Waals surface area contributed by atoms with Crippen LogP contribution in [-0.4, -0.2) is 17.1 Å². The van der Waals surface area contributed by atoms with Crippen LogP contribution in [0.1, 0.15) is 18.1 Å². The number of hydrogen-bond donors (Lipinski definition) is 2. The molecule has 4 nitrogen and oxygen atoms in total. The molecule has 6 heteroatoms. The fraction of sp³-hybridized carbons (Fsp3) is 0.235. The molecular weight excluding hydrogens is 337 g/mol. The summed E-state index contributed by atoms with van der Waals surface area (Å²) >= 11 is 12.0. The average molecular weight is 354 g/mol. The van der Waals surface area contributed by atoms with E-state index in [4.69, 9.17) is 33.0 Å². The fourth-order valence-corrected chi connectivity index (χ4v) is 2.32. The predicted octanol–water partition coefficient (Wildman–Crippen LogP) is 4.14. The van der Waals surface area contributed by atoms with Gasteiger partial charge in [-0.1, -0.05) is 41.4 Å². The van der Waals surface area contributed by atoms with E-state index in [1.165, 1.54) is 0 Å². The van der Waals surface area contributed by atoms with E-state index in [9.17, 15) is 4.79 Å². The summed E-state index contributed by atoms with van der Waals surface area (Å²) in [5.74, 6) is -0.157. The van der Waals surface area contributed by atoms with E-state index in [1.54, 1.807) is 19.1 Å². The Kier molecular flexibility index (Phi) is 6.28. The molecule has 23 heavy (non-hydrogen) atoms. The minimum Gasteiger partial charge on any atom is -0.489 e. The van der Waals surface area contributed by atoms with E-state index in [-0.39, 0.29) is 0 Å². The number of hydrogen-bond acceptors (Lipinski definition) is 3. The largest absolute Gasteiger partial charge is 0.489 e. The van der Waals surface area contributed by atoms with Crippen LogP contribution in [0.5, 0.6) is 5.75 Å². The lowest BCUT2D eigenvalue weighted by atomic mass is 10.2. The van der Waals surface area contributed by atoms with Crippen molar-refractivity contribution in [2.24, 2.45) is 0 Å². The molecule has 0 aromatic heterocycles. The third-order valence-electron chi connectivity index (χ3n) is 3.32. The zero-order valence-electron chi connectivity index (χ0n) is 12.6. The van der Waals surface area contributed by atoms with Crippen molar-refractivity contribution in [2.75, 3.05) is 0 Å². The van der Waals surface area contributed by atoms with E-state index in [1.807, 2.05) is 30.3 Å². The molecule has 0 saturated carbocycles. The van der Waals surface area contributed by atoms with Crippen molar-refractivity contribution < 1.29 is 14.6 Å². The van der Waals surface area contributed by atoms with E-state index >= 15 is 0 Å². The van der Waals surface area contributed by atoms with Crippen LogP contribution in [0.3, 0.4) is 0 Å². The Morgan fingerprint density at radius 1 is 1.22 bits per heavy atom. The first-order valence-corrected chi connectivity index (χ1v) is 7.83. The monoisotopic (exact) mass is 353 g/mol. The summed E-state index contributed by atoms with van der Waals surface area (Å²) in [5, 5.41) is 12.9. The Bertz CT molecular complexity index is 674. The zero-order chi connectivity index (χ0) is 16.8. The molecule has 2 rings (SSSR count). The van der Waals surface area contributed by atoms with E-state index in [0.717, 1.165) is 11.1 Å². The minimum absolute atomic E-state index is 0.351. The quantitative estimate of drug-likeness (QED) is 0.785. The van der Waals surface area contributed by atoms with Gasteiger partial charge in [0.15, 0.2) is 0 Å². The lowest BCUT2D eigenvalue weighted by Crippen LogP contribution is -2.33. The number of ether oxygens (including phenoxy) is 1. The van der Waals surface area contributed by atoms with Gasteiger partial charge in [-0.2, -0.15) is 0 Å². The van der Waals surface area contributed by atoms with Crippen molar-refractivity contribution in [1.29, 1.82) is 0 Å². The summed E-state index contributed by atoms with van der Waals surface area (Å²) in [4.78, 5) is 10.7. The Morgan fingerprint density at radius 3 is 2.52 bits per heavy atom. The Labute approximate surface area is 145 Å². The van der Waals surface area contributed by atoms with Crippen molar-refractivity contribution in [3.63, 3.8) is 0 Å². The number of nitrogens with one attached hydrogen (secondary N) is 1. The summed E-state index contributed by atoms with van der Waals surface area (Å²) in [7, 11) is 0. The van der Waals surface area contributed by atoms with Gasteiger partial charge in [-0.15, -0.1) is 0 Å². The minimum atomic E-state index is -0.871. The smallest absolute Gasteiger partial charge is 0.320 e. The SMILES string of the molecule is CC(NCc1ccc(OCc2ccc(Cl)cc2Cl)cc1)C(=O)O. The van der Waals surface area contributed by atoms with E-state index in [2.05, 4.69) is 5.32 Å². The highest BCUT2D eigenvalue weighted by molar-refractivity contribution is 6.35.